The van der Waals surface area contributed by atoms with E-state index in [1.165, 1.54) is 38.5 Å². The molecule has 0 aromatic rings. The maximum Gasteiger partial charge on any atom is 0.360 e. The van der Waals surface area contributed by atoms with Crippen molar-refractivity contribution in [2.75, 3.05) is 13.2 Å². The number of hydrogen-bond donors (Lipinski definition) is 1. The van der Waals surface area contributed by atoms with Crippen molar-refractivity contribution in [3.05, 3.63) is 0 Å². The zero-order valence-electron chi connectivity index (χ0n) is 10.5. The molecular weight excluding hydrogens is 245 g/mol. The summed E-state index contributed by atoms with van der Waals surface area (Å²) >= 11 is 5.64. The molecule has 3 nitrogen and oxygen atoms in total. The molecule has 0 amide bonds. The molecule has 5 heteroatoms. The molecule has 0 aliphatic heterocycles. The van der Waals surface area contributed by atoms with Crippen molar-refractivity contribution in [3.63, 3.8) is 0 Å². The van der Waals surface area contributed by atoms with Gasteiger partial charge in [-0.2, -0.15) is 0 Å². The summed E-state index contributed by atoms with van der Waals surface area (Å²) in [6, 6.07) is 0. The van der Waals surface area contributed by atoms with Crippen LogP contribution < -0.4 is 5.09 Å². The minimum atomic E-state index is -3.04. The van der Waals surface area contributed by atoms with Gasteiger partial charge in [-0.3, -0.25) is 4.57 Å². The minimum absolute atomic E-state index is 0.380. The molecule has 0 fully saturated rings. The van der Waals surface area contributed by atoms with Crippen molar-refractivity contribution >= 4 is 18.1 Å². The highest BCUT2D eigenvalue weighted by atomic mass is 35.7. The Balaban J connectivity index is 3.23. The molecule has 0 rings (SSSR count). The van der Waals surface area contributed by atoms with Gasteiger partial charge in [0.15, 0.2) is 0 Å². The second-order valence-corrected chi connectivity index (χ2v) is 6.80. The summed E-state index contributed by atoms with van der Waals surface area (Å²) in [6.45, 7) is 2.02. The average Bonchev–Trinajstić information content (AvgIpc) is 2.22. The third-order valence-corrected chi connectivity index (χ3v) is 4.22. The quantitative estimate of drug-likeness (QED) is 0.436. The van der Waals surface area contributed by atoms with E-state index in [0.29, 0.717) is 13.2 Å². The highest BCUT2D eigenvalue weighted by Crippen LogP contribution is 2.47. The first-order valence-corrected chi connectivity index (χ1v) is 8.84. The molecule has 0 aliphatic rings. The molecule has 0 bridgehead atoms. The minimum Gasteiger partial charge on any atom is -0.307 e. The van der Waals surface area contributed by atoms with Gasteiger partial charge in [-0.25, -0.2) is 5.09 Å². The van der Waals surface area contributed by atoms with Crippen molar-refractivity contribution in [1.82, 2.24) is 5.09 Å². The zero-order valence-corrected chi connectivity index (χ0v) is 12.2. The molecule has 16 heavy (non-hydrogen) atoms. The standard InChI is InChI=1S/C11H25ClNO2P/c1-3-5-6-7-8-9-10-11-13-16(12,14)15-4-2/h3-11H2,1-2H3,(H,13,14). The molecule has 0 aliphatic carbocycles. The lowest BCUT2D eigenvalue weighted by atomic mass is 10.1. The van der Waals surface area contributed by atoms with Crippen LogP contribution in [0.15, 0.2) is 0 Å². The van der Waals surface area contributed by atoms with Crippen LogP contribution in [0.4, 0.5) is 0 Å². The lowest BCUT2D eigenvalue weighted by Gasteiger charge is -2.11. The van der Waals surface area contributed by atoms with Gasteiger partial charge in [0.1, 0.15) is 0 Å². The normalized spacial score (nSPS) is 14.9. The second-order valence-electron chi connectivity index (χ2n) is 3.93. The maximum absolute atomic E-state index is 11.4. The molecule has 0 heterocycles. The zero-order chi connectivity index (χ0) is 12.3. The lowest BCUT2D eigenvalue weighted by molar-refractivity contribution is 0.336. The van der Waals surface area contributed by atoms with Gasteiger partial charge in [0.2, 0.25) is 0 Å². The maximum atomic E-state index is 11.4. The number of hydrogen-bond acceptors (Lipinski definition) is 2. The van der Waals surface area contributed by atoms with E-state index >= 15 is 0 Å². The Labute approximate surface area is 105 Å². The van der Waals surface area contributed by atoms with Gasteiger partial charge < -0.3 is 4.52 Å². The summed E-state index contributed by atoms with van der Waals surface area (Å²) in [7, 11) is 0. The Kier molecular flexibility index (Phi) is 10.9. The van der Waals surface area contributed by atoms with E-state index in [4.69, 9.17) is 15.8 Å². The fourth-order valence-electron chi connectivity index (χ4n) is 1.51. The average molecular weight is 270 g/mol. The first-order valence-electron chi connectivity index (χ1n) is 6.31. The van der Waals surface area contributed by atoms with Gasteiger partial charge in [0.05, 0.1) is 6.61 Å². The Hall–Kier alpha value is 0.440. The van der Waals surface area contributed by atoms with E-state index in [1.54, 1.807) is 6.92 Å². The van der Waals surface area contributed by atoms with Crippen LogP contribution in [0.5, 0.6) is 0 Å². The van der Waals surface area contributed by atoms with Gasteiger partial charge in [-0.05, 0) is 24.6 Å². The van der Waals surface area contributed by atoms with E-state index in [1.807, 2.05) is 0 Å². The van der Waals surface area contributed by atoms with Crippen LogP contribution in [0.25, 0.3) is 0 Å². The van der Waals surface area contributed by atoms with E-state index in [-0.39, 0.29) is 0 Å². The van der Waals surface area contributed by atoms with Crippen LogP contribution in [-0.2, 0) is 9.09 Å². The van der Waals surface area contributed by atoms with Crippen LogP contribution in [0, 0.1) is 0 Å². The van der Waals surface area contributed by atoms with Gasteiger partial charge in [0, 0.05) is 6.54 Å². The third kappa shape index (κ3) is 10.9. The summed E-state index contributed by atoms with van der Waals surface area (Å²) in [6.07, 6.45) is 8.68. The first kappa shape index (κ1) is 16.4. The van der Waals surface area contributed by atoms with Crippen LogP contribution >= 0.6 is 18.1 Å². The number of nitrogens with one attached hydrogen (secondary N) is 1. The molecule has 0 saturated carbocycles. The van der Waals surface area contributed by atoms with Crippen LogP contribution in [0.3, 0.4) is 0 Å². The molecule has 0 saturated heterocycles. The summed E-state index contributed by atoms with van der Waals surface area (Å²) in [5, 5.41) is 2.76. The number of unbranched alkanes of at least 4 members (excludes halogenated alkanes) is 6. The second kappa shape index (κ2) is 10.6. The van der Waals surface area contributed by atoms with Crippen molar-refractivity contribution in [3.8, 4) is 0 Å². The summed E-state index contributed by atoms with van der Waals surface area (Å²) in [5.41, 5.74) is 0. The Bertz CT molecular complexity index is 202. The summed E-state index contributed by atoms with van der Waals surface area (Å²) < 4.78 is 16.3. The topological polar surface area (TPSA) is 38.3 Å². The molecule has 98 valence electrons. The van der Waals surface area contributed by atoms with Crippen LogP contribution in [0.1, 0.15) is 58.8 Å². The SMILES string of the molecule is CCCCCCCCCNP(=O)(Cl)OCC. The molecule has 1 N–H and O–H groups in total. The predicted octanol–water partition coefficient (Wildman–Crippen LogP) is 4.71. The third-order valence-electron chi connectivity index (χ3n) is 2.38. The molecule has 1 unspecified atom stereocenters. The molecule has 1 atom stereocenters. The molecular formula is C11H25ClNO2P. The Morgan fingerprint density at radius 1 is 1.06 bits per heavy atom. The highest BCUT2D eigenvalue weighted by Gasteiger charge is 2.16. The Morgan fingerprint density at radius 3 is 2.19 bits per heavy atom. The Morgan fingerprint density at radius 2 is 1.62 bits per heavy atom. The largest absolute Gasteiger partial charge is 0.360 e. The van der Waals surface area contributed by atoms with Gasteiger partial charge in [0.25, 0.3) is 0 Å². The summed E-state index contributed by atoms with van der Waals surface area (Å²) in [4.78, 5) is 0. The van der Waals surface area contributed by atoms with Crippen LogP contribution in [0.2, 0.25) is 0 Å². The fourth-order valence-corrected chi connectivity index (χ4v) is 2.90. The highest BCUT2D eigenvalue weighted by molar-refractivity contribution is 7.83. The number of rotatable bonds is 11. The smallest absolute Gasteiger partial charge is 0.307 e. The van der Waals surface area contributed by atoms with Crippen molar-refractivity contribution in [2.45, 2.75) is 58.8 Å². The number of halogens is 1. The van der Waals surface area contributed by atoms with E-state index < -0.39 is 6.87 Å². The van der Waals surface area contributed by atoms with E-state index in [0.717, 1.165) is 6.42 Å². The van der Waals surface area contributed by atoms with Crippen molar-refractivity contribution in [1.29, 1.82) is 0 Å². The predicted molar refractivity (Wildman–Crippen MR) is 71.1 cm³/mol. The fraction of sp³-hybridized carbons (Fsp3) is 1.00. The first-order chi connectivity index (χ1) is 7.62. The van der Waals surface area contributed by atoms with Crippen molar-refractivity contribution in [2.24, 2.45) is 0 Å². The van der Waals surface area contributed by atoms with Crippen molar-refractivity contribution < 1.29 is 9.09 Å². The van der Waals surface area contributed by atoms with Gasteiger partial charge >= 0.3 is 6.87 Å². The van der Waals surface area contributed by atoms with E-state index in [2.05, 4.69) is 12.0 Å². The monoisotopic (exact) mass is 269 g/mol. The van der Waals surface area contributed by atoms with E-state index in [9.17, 15) is 4.57 Å². The summed E-state index contributed by atoms with van der Waals surface area (Å²) in [5.74, 6) is 0. The molecule has 0 radical (unpaired) electrons. The van der Waals surface area contributed by atoms with Gasteiger partial charge in [-0.1, -0.05) is 45.4 Å². The molecule has 0 spiro atoms. The van der Waals surface area contributed by atoms with Gasteiger partial charge in [-0.15, -0.1) is 0 Å². The molecule has 0 aromatic carbocycles. The van der Waals surface area contributed by atoms with Crippen LogP contribution in [-0.4, -0.2) is 13.2 Å². The lowest BCUT2D eigenvalue weighted by Crippen LogP contribution is -2.10. The molecule has 0 aromatic heterocycles.